The largest absolute Gasteiger partial charge is 0.504 e. The molecule has 1 N–H and O–H groups in total. The maximum Gasteiger partial charge on any atom is 0.161 e. The van der Waals surface area contributed by atoms with Crippen LogP contribution in [0.15, 0.2) is 24.5 Å². The first-order valence-electron chi connectivity index (χ1n) is 3.84. The van der Waals surface area contributed by atoms with Gasteiger partial charge in [-0.2, -0.15) is 0 Å². The fourth-order valence-electron chi connectivity index (χ4n) is 0.944. The topological polar surface area (TPSA) is 38.7 Å². The number of aromatic hydroxyl groups is 1. The van der Waals surface area contributed by atoms with E-state index in [9.17, 15) is 5.11 Å². The molecule has 1 aromatic rings. The maximum atomic E-state index is 9.28. The third kappa shape index (κ3) is 2.40. The van der Waals surface area contributed by atoms with Gasteiger partial charge in [-0.3, -0.25) is 0 Å². The van der Waals surface area contributed by atoms with Crippen molar-refractivity contribution in [1.29, 1.82) is 0 Å². The maximum absolute atomic E-state index is 9.28. The lowest BCUT2D eigenvalue weighted by Gasteiger charge is -2.03. The second-order valence-electron chi connectivity index (χ2n) is 2.47. The van der Waals surface area contributed by atoms with E-state index in [1.54, 1.807) is 37.6 Å². The van der Waals surface area contributed by atoms with Crippen LogP contribution in [0.3, 0.4) is 0 Å². The van der Waals surface area contributed by atoms with Crippen LogP contribution in [0.2, 0.25) is 0 Å². The van der Waals surface area contributed by atoms with E-state index in [2.05, 4.69) is 0 Å². The quantitative estimate of drug-likeness (QED) is 0.723. The van der Waals surface area contributed by atoms with Crippen molar-refractivity contribution >= 4 is 6.08 Å². The zero-order valence-corrected chi connectivity index (χ0v) is 7.65. The molecular formula is C10H12O3. The van der Waals surface area contributed by atoms with Crippen LogP contribution in [0.5, 0.6) is 11.5 Å². The molecule has 1 rings (SSSR count). The zero-order valence-electron chi connectivity index (χ0n) is 7.65. The molecule has 0 amide bonds. The van der Waals surface area contributed by atoms with E-state index in [1.807, 2.05) is 0 Å². The average Bonchev–Trinajstić information content (AvgIpc) is 2.16. The van der Waals surface area contributed by atoms with E-state index >= 15 is 0 Å². The molecule has 0 saturated heterocycles. The molecule has 13 heavy (non-hydrogen) atoms. The summed E-state index contributed by atoms with van der Waals surface area (Å²) in [6, 6.07) is 5.08. The highest BCUT2D eigenvalue weighted by Gasteiger charge is 1.99. The van der Waals surface area contributed by atoms with Crippen LogP contribution in [-0.2, 0) is 4.74 Å². The summed E-state index contributed by atoms with van der Waals surface area (Å²) in [6.07, 6.45) is 3.34. The Morgan fingerprint density at radius 2 is 2.08 bits per heavy atom. The van der Waals surface area contributed by atoms with E-state index < -0.39 is 0 Å². The van der Waals surface area contributed by atoms with Gasteiger partial charge in [0.05, 0.1) is 20.5 Å². The normalized spacial score (nSPS) is 10.3. The molecule has 3 nitrogen and oxygen atoms in total. The Balaban J connectivity index is 2.92. The first kappa shape index (κ1) is 9.45. The highest BCUT2D eigenvalue weighted by atomic mass is 16.5. The van der Waals surface area contributed by atoms with Crippen LogP contribution >= 0.6 is 0 Å². The highest BCUT2D eigenvalue weighted by Crippen LogP contribution is 2.26. The second kappa shape index (κ2) is 4.40. The molecular weight excluding hydrogens is 168 g/mol. The van der Waals surface area contributed by atoms with E-state index in [4.69, 9.17) is 9.47 Å². The summed E-state index contributed by atoms with van der Waals surface area (Å²) in [5, 5.41) is 9.28. The summed E-state index contributed by atoms with van der Waals surface area (Å²) in [7, 11) is 3.09. The number of rotatable bonds is 3. The first-order valence-corrected chi connectivity index (χ1v) is 3.84. The van der Waals surface area contributed by atoms with Gasteiger partial charge in [0.2, 0.25) is 0 Å². The van der Waals surface area contributed by atoms with Gasteiger partial charge in [0.15, 0.2) is 11.5 Å². The van der Waals surface area contributed by atoms with Crippen molar-refractivity contribution in [3.63, 3.8) is 0 Å². The molecule has 0 aromatic heterocycles. The Morgan fingerprint density at radius 1 is 1.31 bits per heavy atom. The van der Waals surface area contributed by atoms with Crippen LogP contribution in [0.4, 0.5) is 0 Å². The molecule has 0 fully saturated rings. The number of hydrogen-bond donors (Lipinski definition) is 1. The molecule has 0 heterocycles. The predicted molar refractivity (Wildman–Crippen MR) is 50.7 cm³/mol. The lowest BCUT2D eigenvalue weighted by atomic mass is 10.2. The van der Waals surface area contributed by atoms with Gasteiger partial charge in [0.1, 0.15) is 0 Å². The molecule has 3 heteroatoms. The smallest absolute Gasteiger partial charge is 0.161 e. The summed E-state index contributed by atoms with van der Waals surface area (Å²) >= 11 is 0. The molecule has 0 unspecified atom stereocenters. The summed E-state index contributed by atoms with van der Waals surface area (Å²) in [6.45, 7) is 0. The van der Waals surface area contributed by atoms with Gasteiger partial charge in [-0.1, -0.05) is 6.07 Å². The minimum absolute atomic E-state index is 0.136. The number of phenolic OH excluding ortho intramolecular Hbond substituents is 1. The molecule has 0 atom stereocenters. The SMILES string of the molecule is COC=Cc1ccc(O)c(OC)c1. The van der Waals surface area contributed by atoms with Crippen LogP contribution in [0, 0.1) is 0 Å². The van der Waals surface area contributed by atoms with Crippen molar-refractivity contribution in [2.75, 3.05) is 14.2 Å². The molecule has 0 aliphatic rings. The standard InChI is InChI=1S/C10H12O3/c1-12-6-5-8-3-4-9(11)10(7-8)13-2/h3-7,11H,1-2H3. The number of benzene rings is 1. The van der Waals surface area contributed by atoms with Crippen LogP contribution in [-0.4, -0.2) is 19.3 Å². The fourth-order valence-corrected chi connectivity index (χ4v) is 0.944. The van der Waals surface area contributed by atoms with Crippen molar-refractivity contribution < 1.29 is 14.6 Å². The van der Waals surface area contributed by atoms with Crippen molar-refractivity contribution in [2.45, 2.75) is 0 Å². The Hall–Kier alpha value is -1.64. The molecule has 1 aromatic carbocycles. The minimum atomic E-state index is 0.136. The Kier molecular flexibility index (Phi) is 3.20. The monoisotopic (exact) mass is 180 g/mol. The Labute approximate surface area is 77.2 Å². The Morgan fingerprint density at radius 3 is 2.69 bits per heavy atom. The third-order valence-electron chi connectivity index (χ3n) is 1.60. The fraction of sp³-hybridized carbons (Fsp3) is 0.200. The van der Waals surface area contributed by atoms with Gasteiger partial charge < -0.3 is 14.6 Å². The molecule has 0 saturated carbocycles. The van der Waals surface area contributed by atoms with Crippen molar-refractivity contribution in [3.05, 3.63) is 30.0 Å². The van der Waals surface area contributed by atoms with Gasteiger partial charge in [-0.05, 0) is 23.8 Å². The second-order valence-corrected chi connectivity index (χ2v) is 2.47. The molecule has 0 aliphatic carbocycles. The lowest BCUT2D eigenvalue weighted by Crippen LogP contribution is -1.84. The van der Waals surface area contributed by atoms with E-state index in [1.165, 1.54) is 7.11 Å². The van der Waals surface area contributed by atoms with Crippen LogP contribution in [0.25, 0.3) is 6.08 Å². The van der Waals surface area contributed by atoms with Crippen LogP contribution in [0.1, 0.15) is 5.56 Å². The molecule has 0 bridgehead atoms. The first-order chi connectivity index (χ1) is 6.27. The predicted octanol–water partition coefficient (Wildman–Crippen LogP) is 2.02. The number of hydrogen-bond acceptors (Lipinski definition) is 3. The highest BCUT2D eigenvalue weighted by molar-refractivity contribution is 5.54. The number of phenols is 1. The van der Waals surface area contributed by atoms with E-state index in [-0.39, 0.29) is 5.75 Å². The van der Waals surface area contributed by atoms with Crippen molar-refractivity contribution in [3.8, 4) is 11.5 Å². The molecule has 70 valence electrons. The van der Waals surface area contributed by atoms with Crippen molar-refractivity contribution in [1.82, 2.24) is 0 Å². The van der Waals surface area contributed by atoms with Gasteiger partial charge >= 0.3 is 0 Å². The minimum Gasteiger partial charge on any atom is -0.504 e. The summed E-state index contributed by atoms with van der Waals surface area (Å²) < 4.78 is 9.71. The van der Waals surface area contributed by atoms with Gasteiger partial charge in [0, 0.05) is 0 Å². The number of ether oxygens (including phenoxy) is 2. The van der Waals surface area contributed by atoms with Crippen LogP contribution < -0.4 is 4.74 Å². The van der Waals surface area contributed by atoms with Crippen molar-refractivity contribution in [2.24, 2.45) is 0 Å². The third-order valence-corrected chi connectivity index (χ3v) is 1.60. The van der Waals surface area contributed by atoms with Gasteiger partial charge in [-0.25, -0.2) is 0 Å². The van der Waals surface area contributed by atoms with Gasteiger partial charge in [-0.15, -0.1) is 0 Å². The molecule has 0 spiro atoms. The lowest BCUT2D eigenvalue weighted by molar-refractivity contribution is 0.341. The van der Waals surface area contributed by atoms with Gasteiger partial charge in [0.25, 0.3) is 0 Å². The number of methoxy groups -OCH3 is 2. The van der Waals surface area contributed by atoms with E-state index in [0.717, 1.165) is 5.56 Å². The average molecular weight is 180 g/mol. The molecule has 0 radical (unpaired) electrons. The summed E-state index contributed by atoms with van der Waals surface area (Å²) in [5.74, 6) is 0.593. The molecule has 0 aliphatic heterocycles. The summed E-state index contributed by atoms with van der Waals surface area (Å²) in [4.78, 5) is 0. The summed E-state index contributed by atoms with van der Waals surface area (Å²) in [5.41, 5.74) is 0.913. The Bertz CT molecular complexity index is 305. The zero-order chi connectivity index (χ0) is 9.68. The van der Waals surface area contributed by atoms with E-state index in [0.29, 0.717) is 5.75 Å².